The molecule has 0 saturated heterocycles. The molecule has 2 heteroatoms. The third kappa shape index (κ3) is 6.99. The highest BCUT2D eigenvalue weighted by molar-refractivity contribution is 5.42. The summed E-state index contributed by atoms with van der Waals surface area (Å²) < 4.78 is 4.69. The zero-order chi connectivity index (χ0) is 6.95. The van der Waals surface area contributed by atoms with Crippen molar-refractivity contribution >= 4 is 5.94 Å². The molecule has 50 valence electrons. The standard InChI is InChI=1S/C7H10O2/c1-2-3-4-6-9-7-5-8/h2,7H,1,3-4,6H2. The molecule has 0 heterocycles. The average Bonchev–Trinajstić information content (AvgIpc) is 1.89. The minimum atomic E-state index is 0.571. The molecule has 0 aromatic rings. The summed E-state index contributed by atoms with van der Waals surface area (Å²) in [5.74, 6) is 1.52. The van der Waals surface area contributed by atoms with Crippen molar-refractivity contribution in [2.24, 2.45) is 0 Å². The van der Waals surface area contributed by atoms with Gasteiger partial charge in [-0.15, -0.1) is 6.58 Å². The van der Waals surface area contributed by atoms with E-state index in [0.717, 1.165) is 19.1 Å². The summed E-state index contributed by atoms with van der Waals surface area (Å²) in [4.78, 5) is 9.51. The second-order valence-electron chi connectivity index (χ2n) is 1.54. The number of ether oxygens (including phenoxy) is 1. The smallest absolute Gasteiger partial charge is 0.166 e. The van der Waals surface area contributed by atoms with Crippen LogP contribution in [0.2, 0.25) is 0 Å². The van der Waals surface area contributed by atoms with Crippen LogP contribution in [0.5, 0.6) is 0 Å². The Morgan fingerprint density at radius 2 is 2.44 bits per heavy atom. The Morgan fingerprint density at radius 3 is 3.00 bits per heavy atom. The van der Waals surface area contributed by atoms with E-state index in [1.807, 2.05) is 6.08 Å². The van der Waals surface area contributed by atoms with Gasteiger partial charge in [-0.2, -0.15) is 0 Å². The zero-order valence-electron chi connectivity index (χ0n) is 5.30. The first kappa shape index (κ1) is 7.99. The first-order valence-electron chi connectivity index (χ1n) is 2.83. The molecule has 0 atom stereocenters. The van der Waals surface area contributed by atoms with Gasteiger partial charge in [0.1, 0.15) is 0 Å². The highest BCUT2D eigenvalue weighted by atomic mass is 16.5. The van der Waals surface area contributed by atoms with Crippen LogP contribution in [0.3, 0.4) is 0 Å². The van der Waals surface area contributed by atoms with Gasteiger partial charge in [-0.25, -0.2) is 4.79 Å². The second kappa shape index (κ2) is 6.99. The Kier molecular flexibility index (Phi) is 6.21. The second-order valence-corrected chi connectivity index (χ2v) is 1.54. The van der Waals surface area contributed by atoms with Crippen molar-refractivity contribution in [2.75, 3.05) is 6.61 Å². The van der Waals surface area contributed by atoms with Crippen molar-refractivity contribution in [1.82, 2.24) is 0 Å². The maximum Gasteiger partial charge on any atom is 0.166 e. The van der Waals surface area contributed by atoms with E-state index in [1.165, 1.54) is 5.94 Å². The lowest BCUT2D eigenvalue weighted by Gasteiger charge is -1.93. The van der Waals surface area contributed by atoms with E-state index in [2.05, 4.69) is 11.3 Å². The predicted octanol–water partition coefficient (Wildman–Crippen LogP) is 1.31. The van der Waals surface area contributed by atoms with Crippen molar-refractivity contribution in [3.05, 3.63) is 18.9 Å². The molecule has 0 bridgehead atoms. The minimum Gasteiger partial charge on any atom is -0.490 e. The summed E-state index contributed by atoms with van der Waals surface area (Å²) in [7, 11) is 0. The van der Waals surface area contributed by atoms with Gasteiger partial charge in [0, 0.05) is 0 Å². The molecular formula is C7H10O2. The fourth-order valence-electron chi connectivity index (χ4n) is 0.404. The Hall–Kier alpha value is -1.01. The molecular weight excluding hydrogens is 116 g/mol. The predicted molar refractivity (Wildman–Crippen MR) is 35.6 cm³/mol. The van der Waals surface area contributed by atoms with Crippen molar-refractivity contribution in [3.8, 4) is 0 Å². The molecule has 0 amide bonds. The van der Waals surface area contributed by atoms with Gasteiger partial charge in [-0.3, -0.25) is 0 Å². The monoisotopic (exact) mass is 126 g/mol. The quantitative estimate of drug-likeness (QED) is 0.240. The van der Waals surface area contributed by atoms with Gasteiger partial charge in [0.2, 0.25) is 0 Å². The largest absolute Gasteiger partial charge is 0.490 e. The van der Waals surface area contributed by atoms with E-state index >= 15 is 0 Å². The number of allylic oxidation sites excluding steroid dienone is 1. The van der Waals surface area contributed by atoms with Crippen molar-refractivity contribution in [2.45, 2.75) is 12.8 Å². The van der Waals surface area contributed by atoms with Crippen LogP contribution in [0.25, 0.3) is 0 Å². The summed E-state index contributed by atoms with van der Waals surface area (Å²) in [6, 6.07) is 0. The number of hydrogen-bond acceptors (Lipinski definition) is 2. The highest BCUT2D eigenvalue weighted by Gasteiger charge is 1.79. The maximum absolute atomic E-state index is 9.51. The Balaban J connectivity index is 2.90. The fraction of sp³-hybridized carbons (Fsp3) is 0.429. The molecule has 0 fully saturated rings. The summed E-state index contributed by atoms with van der Waals surface area (Å²) >= 11 is 0. The fourth-order valence-corrected chi connectivity index (χ4v) is 0.404. The molecule has 0 aromatic heterocycles. The van der Waals surface area contributed by atoms with Gasteiger partial charge in [0.25, 0.3) is 0 Å². The molecule has 0 N–H and O–H groups in total. The van der Waals surface area contributed by atoms with Crippen LogP contribution in [0.15, 0.2) is 18.9 Å². The third-order valence-corrected chi connectivity index (χ3v) is 0.802. The Bertz CT molecular complexity index is 112. The van der Waals surface area contributed by atoms with Crippen LogP contribution in [0.1, 0.15) is 12.8 Å². The van der Waals surface area contributed by atoms with Gasteiger partial charge in [0.05, 0.1) is 6.61 Å². The lowest BCUT2D eigenvalue weighted by molar-refractivity contribution is 0.248. The molecule has 0 aromatic carbocycles. The van der Waals surface area contributed by atoms with Gasteiger partial charge in [-0.1, -0.05) is 6.08 Å². The van der Waals surface area contributed by atoms with E-state index in [4.69, 9.17) is 0 Å². The maximum atomic E-state index is 9.51. The van der Waals surface area contributed by atoms with Crippen LogP contribution < -0.4 is 0 Å². The zero-order valence-corrected chi connectivity index (χ0v) is 5.30. The molecule has 0 radical (unpaired) electrons. The van der Waals surface area contributed by atoms with E-state index in [9.17, 15) is 4.79 Å². The van der Waals surface area contributed by atoms with E-state index in [1.54, 1.807) is 0 Å². The normalized spacial score (nSPS) is 7.56. The van der Waals surface area contributed by atoms with Gasteiger partial charge >= 0.3 is 0 Å². The van der Waals surface area contributed by atoms with Crippen LogP contribution in [-0.2, 0) is 9.53 Å². The third-order valence-electron chi connectivity index (χ3n) is 0.802. The lowest BCUT2D eigenvalue weighted by atomic mass is 10.3. The number of unbranched alkanes of at least 4 members (excludes halogenated alkanes) is 1. The molecule has 0 aliphatic rings. The Labute approximate surface area is 54.8 Å². The first-order chi connectivity index (χ1) is 4.41. The van der Waals surface area contributed by atoms with Crippen LogP contribution in [-0.4, -0.2) is 12.5 Å². The molecule has 9 heavy (non-hydrogen) atoms. The molecule has 0 spiro atoms. The number of hydrogen-bond donors (Lipinski definition) is 0. The van der Waals surface area contributed by atoms with Crippen molar-refractivity contribution in [3.63, 3.8) is 0 Å². The van der Waals surface area contributed by atoms with Crippen molar-refractivity contribution < 1.29 is 9.53 Å². The average molecular weight is 126 g/mol. The number of carbonyl (C=O) groups excluding carboxylic acids is 1. The summed E-state index contributed by atoms with van der Waals surface area (Å²) in [5.41, 5.74) is 0. The lowest BCUT2D eigenvalue weighted by Crippen LogP contribution is -1.85. The topological polar surface area (TPSA) is 26.3 Å². The number of rotatable bonds is 5. The molecule has 0 saturated carbocycles. The van der Waals surface area contributed by atoms with Crippen LogP contribution in [0, 0.1) is 0 Å². The van der Waals surface area contributed by atoms with Gasteiger partial charge < -0.3 is 4.74 Å². The minimum absolute atomic E-state index is 0.571. The SMILES string of the molecule is C=CCCCOC=C=O. The summed E-state index contributed by atoms with van der Waals surface area (Å²) in [6.07, 6.45) is 4.67. The molecule has 2 nitrogen and oxygen atoms in total. The summed E-state index contributed by atoms with van der Waals surface area (Å²) in [5, 5.41) is 0. The first-order valence-corrected chi connectivity index (χ1v) is 2.83. The molecule has 0 aliphatic heterocycles. The molecule has 0 rings (SSSR count). The van der Waals surface area contributed by atoms with Gasteiger partial charge in [-0.05, 0) is 12.8 Å². The molecule has 0 aliphatic carbocycles. The summed E-state index contributed by atoms with van der Waals surface area (Å²) in [6.45, 7) is 4.11. The van der Waals surface area contributed by atoms with E-state index < -0.39 is 0 Å². The molecule has 0 unspecified atom stereocenters. The van der Waals surface area contributed by atoms with Crippen LogP contribution in [0.4, 0.5) is 0 Å². The Morgan fingerprint density at radius 1 is 1.67 bits per heavy atom. The van der Waals surface area contributed by atoms with Crippen molar-refractivity contribution in [1.29, 1.82) is 0 Å². The highest BCUT2D eigenvalue weighted by Crippen LogP contribution is 1.88. The van der Waals surface area contributed by atoms with Crippen LogP contribution >= 0.6 is 0 Å². The van der Waals surface area contributed by atoms with E-state index in [0.29, 0.717) is 6.61 Å². The van der Waals surface area contributed by atoms with E-state index in [-0.39, 0.29) is 0 Å². The van der Waals surface area contributed by atoms with Gasteiger partial charge in [0.15, 0.2) is 12.2 Å².